The normalized spacial score (nSPS) is 12.6. The molecule has 1 atom stereocenters. The Balaban J connectivity index is 2.05. The highest BCUT2D eigenvalue weighted by Gasteiger charge is 2.14. The molecule has 1 heterocycles. The number of halogens is 2. The third-order valence-electron chi connectivity index (χ3n) is 3.20. The first-order valence-corrected chi connectivity index (χ1v) is 7.51. The van der Waals surface area contributed by atoms with Gasteiger partial charge in [-0.1, -0.05) is 43.1 Å². The molecule has 0 saturated carbocycles. The summed E-state index contributed by atoms with van der Waals surface area (Å²) in [6, 6.07) is 5.73. The number of benzene rings is 1. The van der Waals surface area contributed by atoms with Crippen molar-refractivity contribution in [1.82, 2.24) is 10.3 Å². The summed E-state index contributed by atoms with van der Waals surface area (Å²) in [5.41, 5.74) is 1.04. The van der Waals surface area contributed by atoms with E-state index in [1.165, 1.54) is 0 Å². The number of nitrogens with one attached hydrogen (secondary N) is 1. The van der Waals surface area contributed by atoms with Crippen molar-refractivity contribution in [3.8, 4) is 0 Å². The molecule has 3 nitrogen and oxygen atoms in total. The first-order valence-electron chi connectivity index (χ1n) is 6.76. The quantitative estimate of drug-likeness (QED) is 0.833. The number of aryl methyl sites for hydroxylation is 1. The first-order chi connectivity index (χ1) is 9.63. The maximum atomic E-state index is 6.25. The lowest BCUT2D eigenvalue weighted by atomic mass is 10.0. The minimum absolute atomic E-state index is 0.150. The van der Waals surface area contributed by atoms with E-state index in [1.807, 2.05) is 19.1 Å². The molecule has 0 spiro atoms. The van der Waals surface area contributed by atoms with Crippen LogP contribution in [0.5, 0.6) is 0 Å². The first kappa shape index (κ1) is 15.4. The van der Waals surface area contributed by atoms with Crippen LogP contribution in [-0.4, -0.2) is 4.98 Å². The fourth-order valence-electron chi connectivity index (χ4n) is 2.06. The van der Waals surface area contributed by atoms with Crippen LogP contribution in [0, 0.1) is 0 Å². The summed E-state index contributed by atoms with van der Waals surface area (Å²) < 4.78 is 5.59. The molecule has 1 aromatic carbocycles. The lowest BCUT2D eigenvalue weighted by Crippen LogP contribution is -2.20. The molecule has 20 heavy (non-hydrogen) atoms. The van der Waals surface area contributed by atoms with Gasteiger partial charge in [-0.2, -0.15) is 0 Å². The maximum absolute atomic E-state index is 6.25. The van der Waals surface area contributed by atoms with Crippen molar-refractivity contribution in [3.63, 3.8) is 0 Å². The molecule has 0 aliphatic rings. The van der Waals surface area contributed by atoms with Crippen molar-refractivity contribution < 1.29 is 4.42 Å². The third-order valence-corrected chi connectivity index (χ3v) is 3.76. The van der Waals surface area contributed by atoms with Crippen LogP contribution in [0.1, 0.15) is 43.5 Å². The molecular weight excluding hydrogens is 295 g/mol. The van der Waals surface area contributed by atoms with Crippen LogP contribution in [0.15, 0.2) is 28.8 Å². The molecule has 0 aliphatic heterocycles. The topological polar surface area (TPSA) is 38.1 Å². The standard InChI is InChI=1S/C15H18Cl2N2O/c1-3-11-8-19-15(20-11)9-18-14(4-2)12-6-5-10(16)7-13(12)17/h5-8,14,18H,3-4,9H2,1-2H3. The van der Waals surface area contributed by atoms with E-state index in [9.17, 15) is 0 Å². The van der Waals surface area contributed by atoms with Gasteiger partial charge >= 0.3 is 0 Å². The van der Waals surface area contributed by atoms with Gasteiger partial charge in [-0.15, -0.1) is 0 Å². The minimum atomic E-state index is 0.150. The monoisotopic (exact) mass is 312 g/mol. The Labute approximate surface area is 129 Å². The number of nitrogens with zero attached hydrogens (tertiary/aromatic N) is 1. The lowest BCUT2D eigenvalue weighted by molar-refractivity contribution is 0.413. The summed E-state index contributed by atoms with van der Waals surface area (Å²) in [5, 5.41) is 4.74. The maximum Gasteiger partial charge on any atom is 0.208 e. The smallest absolute Gasteiger partial charge is 0.208 e. The molecule has 0 saturated heterocycles. The fourth-order valence-corrected chi connectivity index (χ4v) is 2.60. The molecular formula is C15H18Cl2N2O. The molecule has 5 heteroatoms. The second-order valence-corrected chi connectivity index (χ2v) is 5.43. The van der Waals surface area contributed by atoms with Crippen molar-refractivity contribution in [2.45, 2.75) is 39.3 Å². The van der Waals surface area contributed by atoms with Crippen molar-refractivity contribution in [3.05, 3.63) is 51.7 Å². The summed E-state index contributed by atoms with van der Waals surface area (Å²) in [7, 11) is 0. The highest BCUT2D eigenvalue weighted by Crippen LogP contribution is 2.28. The van der Waals surface area contributed by atoms with Crippen LogP contribution in [0.3, 0.4) is 0 Å². The van der Waals surface area contributed by atoms with E-state index in [2.05, 4.69) is 17.2 Å². The second kappa shape index (κ2) is 7.11. The summed E-state index contributed by atoms with van der Waals surface area (Å²) in [6.45, 7) is 4.73. The van der Waals surface area contributed by atoms with Gasteiger partial charge in [0, 0.05) is 22.5 Å². The van der Waals surface area contributed by atoms with Gasteiger partial charge < -0.3 is 9.73 Å². The van der Waals surface area contributed by atoms with Gasteiger partial charge in [-0.25, -0.2) is 4.98 Å². The van der Waals surface area contributed by atoms with Crippen molar-refractivity contribution >= 4 is 23.2 Å². The molecule has 0 bridgehead atoms. The van der Waals surface area contributed by atoms with E-state index >= 15 is 0 Å². The zero-order valence-electron chi connectivity index (χ0n) is 11.6. The Morgan fingerprint density at radius 3 is 2.70 bits per heavy atom. The van der Waals surface area contributed by atoms with Crippen LogP contribution in [0.25, 0.3) is 0 Å². The summed E-state index contributed by atoms with van der Waals surface area (Å²) in [5.74, 6) is 1.60. The Hall–Kier alpha value is -1.03. The van der Waals surface area contributed by atoms with Crippen LogP contribution >= 0.6 is 23.2 Å². The van der Waals surface area contributed by atoms with Gasteiger partial charge in [0.25, 0.3) is 0 Å². The van der Waals surface area contributed by atoms with Gasteiger partial charge in [0.2, 0.25) is 5.89 Å². The van der Waals surface area contributed by atoms with Crippen LogP contribution < -0.4 is 5.32 Å². The Morgan fingerprint density at radius 1 is 1.30 bits per heavy atom. The van der Waals surface area contributed by atoms with Gasteiger partial charge in [0.15, 0.2) is 0 Å². The second-order valence-electron chi connectivity index (χ2n) is 4.58. The number of rotatable bonds is 6. The lowest BCUT2D eigenvalue weighted by Gasteiger charge is -2.18. The molecule has 108 valence electrons. The van der Waals surface area contributed by atoms with Crippen LogP contribution in [0.4, 0.5) is 0 Å². The average molecular weight is 313 g/mol. The Morgan fingerprint density at radius 2 is 2.10 bits per heavy atom. The Bertz CT molecular complexity index is 569. The van der Waals surface area contributed by atoms with Crippen LogP contribution in [-0.2, 0) is 13.0 Å². The summed E-state index contributed by atoms with van der Waals surface area (Å²) in [6.07, 6.45) is 3.54. The zero-order valence-corrected chi connectivity index (χ0v) is 13.1. The van der Waals surface area contributed by atoms with E-state index < -0.39 is 0 Å². The van der Waals surface area contributed by atoms with E-state index in [0.29, 0.717) is 22.5 Å². The van der Waals surface area contributed by atoms with Crippen molar-refractivity contribution in [2.24, 2.45) is 0 Å². The molecule has 1 N–H and O–H groups in total. The van der Waals surface area contributed by atoms with Gasteiger partial charge in [-0.3, -0.25) is 0 Å². The number of hydrogen-bond acceptors (Lipinski definition) is 3. The van der Waals surface area contributed by atoms with Gasteiger partial charge in [-0.05, 0) is 24.1 Å². The van der Waals surface area contributed by atoms with Crippen molar-refractivity contribution in [2.75, 3.05) is 0 Å². The SMILES string of the molecule is CCc1cnc(CNC(CC)c2ccc(Cl)cc2Cl)o1. The molecule has 0 fully saturated rings. The van der Waals surface area contributed by atoms with E-state index in [4.69, 9.17) is 27.6 Å². The van der Waals surface area contributed by atoms with Crippen LogP contribution in [0.2, 0.25) is 10.0 Å². The fraction of sp³-hybridized carbons (Fsp3) is 0.400. The molecule has 2 rings (SSSR count). The largest absolute Gasteiger partial charge is 0.444 e. The molecule has 2 aromatic rings. The molecule has 0 amide bonds. The summed E-state index contributed by atoms with van der Waals surface area (Å²) in [4.78, 5) is 4.24. The molecule has 0 aliphatic carbocycles. The number of hydrogen-bond donors (Lipinski definition) is 1. The number of oxazole rings is 1. The third kappa shape index (κ3) is 3.75. The minimum Gasteiger partial charge on any atom is -0.444 e. The predicted molar refractivity (Wildman–Crippen MR) is 82.2 cm³/mol. The van der Waals surface area contributed by atoms with Gasteiger partial charge in [0.05, 0.1) is 12.7 Å². The zero-order chi connectivity index (χ0) is 14.5. The average Bonchev–Trinajstić information content (AvgIpc) is 2.89. The molecule has 1 unspecified atom stereocenters. The molecule has 1 aromatic heterocycles. The predicted octanol–water partition coefficient (Wildman–Crippen LogP) is 4.78. The van der Waals surface area contributed by atoms with E-state index in [-0.39, 0.29) is 6.04 Å². The highest BCUT2D eigenvalue weighted by atomic mass is 35.5. The van der Waals surface area contributed by atoms with E-state index in [0.717, 1.165) is 24.2 Å². The number of aromatic nitrogens is 1. The van der Waals surface area contributed by atoms with Crippen molar-refractivity contribution in [1.29, 1.82) is 0 Å². The summed E-state index contributed by atoms with van der Waals surface area (Å²) >= 11 is 12.2. The Kier molecular flexibility index (Phi) is 5.46. The highest BCUT2D eigenvalue weighted by molar-refractivity contribution is 6.35. The van der Waals surface area contributed by atoms with E-state index in [1.54, 1.807) is 12.3 Å². The van der Waals surface area contributed by atoms with Gasteiger partial charge in [0.1, 0.15) is 5.76 Å². The molecule has 0 radical (unpaired) electrons.